The third-order valence-electron chi connectivity index (χ3n) is 7.27. The lowest BCUT2D eigenvalue weighted by Crippen LogP contribution is -2.59. The van der Waals surface area contributed by atoms with Crippen molar-refractivity contribution in [3.05, 3.63) is 65.5 Å². The average molecular weight is 517 g/mol. The van der Waals surface area contributed by atoms with Crippen molar-refractivity contribution in [3.8, 4) is 0 Å². The largest absolute Gasteiger partial charge is 0.357 e. The van der Waals surface area contributed by atoms with E-state index in [1.54, 1.807) is 21.9 Å². The molecule has 1 N–H and O–H groups in total. The molecule has 2 saturated heterocycles. The number of sulfonamides is 1. The van der Waals surface area contributed by atoms with Crippen LogP contribution in [0.4, 0.5) is 10.1 Å². The van der Waals surface area contributed by atoms with Gasteiger partial charge < -0.3 is 15.1 Å². The molecule has 3 atom stereocenters. The van der Waals surface area contributed by atoms with Crippen LogP contribution in [0, 0.1) is 5.82 Å². The van der Waals surface area contributed by atoms with Gasteiger partial charge in [-0.1, -0.05) is 36.4 Å². The Morgan fingerprint density at radius 2 is 1.81 bits per heavy atom. The van der Waals surface area contributed by atoms with Crippen LogP contribution in [0.15, 0.2) is 48.5 Å². The van der Waals surface area contributed by atoms with Crippen molar-refractivity contribution in [2.75, 3.05) is 31.6 Å². The minimum Gasteiger partial charge on any atom is -0.357 e. The molecule has 10 heteroatoms. The standard InChI is InChI=1S/C26H33FN4O4S/c1-18-9-12-25(20-7-5-4-6-8-20)36(34,35)31(18)16-21-10-11-22(15-23(21)27)30-14-13-29(19(2)32)17-24(30)26(33)28-3/h4-8,10-11,15,18,24-25H,9,12-14,16-17H2,1-3H3,(H,28,33)/t18-,24+,25?/m0/s1. The van der Waals surface area contributed by atoms with E-state index in [1.165, 1.54) is 24.3 Å². The second-order valence-electron chi connectivity index (χ2n) is 9.48. The van der Waals surface area contributed by atoms with Crippen LogP contribution in [0.25, 0.3) is 0 Å². The molecule has 2 aliphatic heterocycles. The summed E-state index contributed by atoms with van der Waals surface area (Å²) in [6, 6.07) is 12.9. The number of amides is 2. The van der Waals surface area contributed by atoms with Gasteiger partial charge >= 0.3 is 0 Å². The first-order chi connectivity index (χ1) is 17.1. The van der Waals surface area contributed by atoms with E-state index in [4.69, 9.17) is 0 Å². The normalized spacial score (nSPS) is 24.4. The van der Waals surface area contributed by atoms with Gasteiger partial charge in [0.2, 0.25) is 21.8 Å². The Morgan fingerprint density at radius 3 is 2.44 bits per heavy atom. The highest BCUT2D eigenvalue weighted by Gasteiger charge is 2.41. The first-order valence-electron chi connectivity index (χ1n) is 12.2. The van der Waals surface area contributed by atoms with Crippen molar-refractivity contribution in [1.29, 1.82) is 0 Å². The summed E-state index contributed by atoms with van der Waals surface area (Å²) in [5.41, 5.74) is 1.54. The molecule has 2 aromatic rings. The highest BCUT2D eigenvalue weighted by Crippen LogP contribution is 2.38. The molecule has 2 aromatic carbocycles. The van der Waals surface area contributed by atoms with Gasteiger partial charge in [0.1, 0.15) is 17.1 Å². The first kappa shape index (κ1) is 26.1. The fraction of sp³-hybridized carbons (Fsp3) is 0.462. The molecule has 0 bridgehead atoms. The van der Waals surface area contributed by atoms with Gasteiger partial charge in [0, 0.05) is 50.9 Å². The molecule has 194 valence electrons. The fourth-order valence-electron chi connectivity index (χ4n) is 5.13. The minimum absolute atomic E-state index is 0.0596. The van der Waals surface area contributed by atoms with Crippen molar-refractivity contribution >= 4 is 27.5 Å². The van der Waals surface area contributed by atoms with Crippen LogP contribution in [0.3, 0.4) is 0 Å². The van der Waals surface area contributed by atoms with Crippen molar-refractivity contribution in [2.45, 2.75) is 50.6 Å². The number of nitrogens with one attached hydrogen (secondary N) is 1. The SMILES string of the molecule is CNC(=O)[C@H]1CN(C(C)=O)CCN1c1ccc(CN2[C@@H](C)CCC(c3ccccc3)S2(=O)=O)c(F)c1. The molecule has 4 rings (SSSR count). The predicted molar refractivity (Wildman–Crippen MR) is 136 cm³/mol. The Bertz CT molecular complexity index is 1220. The van der Waals surface area contributed by atoms with E-state index in [9.17, 15) is 18.0 Å². The topological polar surface area (TPSA) is 90.0 Å². The Hall–Kier alpha value is -2.98. The molecule has 0 spiro atoms. The number of carbonyl (C=O) groups is 2. The maximum absolute atomic E-state index is 15.4. The molecule has 1 unspecified atom stereocenters. The Kier molecular flexibility index (Phi) is 7.65. The quantitative estimate of drug-likeness (QED) is 0.660. The van der Waals surface area contributed by atoms with E-state index in [2.05, 4.69) is 5.32 Å². The number of carbonyl (C=O) groups excluding carboxylic acids is 2. The van der Waals surface area contributed by atoms with Gasteiger partial charge in [0.25, 0.3) is 0 Å². The molecule has 0 aromatic heterocycles. The molecule has 2 amide bonds. The molecular formula is C26H33FN4O4S. The lowest BCUT2D eigenvalue weighted by Gasteiger charge is -2.41. The molecule has 2 heterocycles. The number of benzene rings is 2. The molecule has 8 nitrogen and oxygen atoms in total. The molecule has 2 aliphatic rings. The van der Waals surface area contributed by atoms with Gasteiger partial charge in [-0.05, 0) is 37.5 Å². The molecule has 0 radical (unpaired) electrons. The number of likely N-dealkylation sites (N-methyl/N-ethyl adjacent to an activating group) is 1. The van der Waals surface area contributed by atoms with Crippen LogP contribution in [0.2, 0.25) is 0 Å². The van der Waals surface area contributed by atoms with Crippen LogP contribution in [-0.2, 0) is 26.2 Å². The molecule has 0 aliphatic carbocycles. The van der Waals surface area contributed by atoms with Crippen LogP contribution in [0.5, 0.6) is 0 Å². The van der Waals surface area contributed by atoms with Crippen molar-refractivity contribution in [2.24, 2.45) is 0 Å². The highest BCUT2D eigenvalue weighted by molar-refractivity contribution is 7.89. The Labute approximate surface area is 212 Å². The summed E-state index contributed by atoms with van der Waals surface area (Å²) < 4.78 is 43.8. The third kappa shape index (κ3) is 5.10. The zero-order valence-electron chi connectivity index (χ0n) is 20.9. The number of nitrogens with zero attached hydrogens (tertiary/aromatic N) is 3. The average Bonchev–Trinajstić information content (AvgIpc) is 2.86. The van der Waals surface area contributed by atoms with E-state index >= 15 is 4.39 Å². The summed E-state index contributed by atoms with van der Waals surface area (Å²) in [5, 5.41) is 1.97. The fourth-order valence-corrected chi connectivity index (χ4v) is 7.32. The summed E-state index contributed by atoms with van der Waals surface area (Å²) in [6.45, 7) is 4.28. The minimum atomic E-state index is -3.68. The van der Waals surface area contributed by atoms with E-state index in [0.717, 1.165) is 5.56 Å². The number of hydrogen-bond acceptors (Lipinski definition) is 5. The smallest absolute Gasteiger partial charge is 0.244 e. The van der Waals surface area contributed by atoms with Gasteiger partial charge in [0.05, 0.1) is 6.54 Å². The van der Waals surface area contributed by atoms with Gasteiger partial charge in [-0.25, -0.2) is 12.8 Å². The monoisotopic (exact) mass is 516 g/mol. The predicted octanol–water partition coefficient (Wildman–Crippen LogP) is 2.66. The molecule has 2 fully saturated rings. The zero-order valence-corrected chi connectivity index (χ0v) is 21.7. The second-order valence-corrected chi connectivity index (χ2v) is 11.5. The molecule has 0 saturated carbocycles. The van der Waals surface area contributed by atoms with Gasteiger partial charge in [0.15, 0.2) is 0 Å². The lowest BCUT2D eigenvalue weighted by molar-refractivity contribution is -0.131. The van der Waals surface area contributed by atoms with Gasteiger partial charge in [-0.15, -0.1) is 0 Å². The zero-order chi connectivity index (χ0) is 26.0. The number of piperazine rings is 1. The third-order valence-corrected chi connectivity index (χ3v) is 9.63. The van der Waals surface area contributed by atoms with Crippen molar-refractivity contribution in [1.82, 2.24) is 14.5 Å². The summed E-state index contributed by atoms with van der Waals surface area (Å²) >= 11 is 0. The Balaban J connectivity index is 1.57. The highest BCUT2D eigenvalue weighted by atomic mass is 32.2. The van der Waals surface area contributed by atoms with E-state index in [1.807, 2.05) is 37.3 Å². The number of hydrogen-bond donors (Lipinski definition) is 1. The summed E-state index contributed by atoms with van der Waals surface area (Å²) in [6.07, 6.45) is 1.21. The lowest BCUT2D eigenvalue weighted by atomic mass is 10.0. The van der Waals surface area contributed by atoms with Crippen LogP contribution in [-0.4, -0.2) is 68.2 Å². The van der Waals surface area contributed by atoms with Crippen LogP contribution in [0.1, 0.15) is 43.1 Å². The van der Waals surface area contributed by atoms with Crippen LogP contribution >= 0.6 is 0 Å². The number of anilines is 1. The maximum Gasteiger partial charge on any atom is 0.244 e. The van der Waals surface area contributed by atoms with Gasteiger partial charge in [-0.3, -0.25) is 9.59 Å². The molecule has 36 heavy (non-hydrogen) atoms. The van der Waals surface area contributed by atoms with E-state index in [-0.39, 0.29) is 36.5 Å². The second kappa shape index (κ2) is 10.6. The summed E-state index contributed by atoms with van der Waals surface area (Å²) in [7, 11) is -2.16. The van der Waals surface area contributed by atoms with E-state index < -0.39 is 27.1 Å². The van der Waals surface area contributed by atoms with Crippen LogP contribution < -0.4 is 10.2 Å². The summed E-state index contributed by atoms with van der Waals surface area (Å²) in [5.74, 6) is -0.900. The number of rotatable bonds is 5. The first-order valence-corrected chi connectivity index (χ1v) is 13.7. The Morgan fingerprint density at radius 1 is 1.08 bits per heavy atom. The maximum atomic E-state index is 15.4. The summed E-state index contributed by atoms with van der Waals surface area (Å²) in [4.78, 5) is 27.8. The van der Waals surface area contributed by atoms with Crippen molar-refractivity contribution < 1.29 is 22.4 Å². The van der Waals surface area contributed by atoms with Crippen molar-refractivity contribution in [3.63, 3.8) is 0 Å². The van der Waals surface area contributed by atoms with Gasteiger partial charge in [-0.2, -0.15) is 4.31 Å². The van der Waals surface area contributed by atoms with E-state index in [0.29, 0.717) is 31.6 Å². The number of halogens is 1. The molecular weight excluding hydrogens is 483 g/mol.